The number of hydrogen-bond acceptors (Lipinski definition) is 3. The Morgan fingerprint density at radius 3 is 2.69 bits per heavy atom. The average molecular weight is 224 g/mol. The second kappa shape index (κ2) is 4.47. The molecular formula is C11H16N2O3. The van der Waals surface area contributed by atoms with Crippen molar-refractivity contribution in [2.75, 3.05) is 0 Å². The fourth-order valence-corrected chi connectivity index (χ4v) is 1.38. The zero-order valence-corrected chi connectivity index (χ0v) is 9.65. The van der Waals surface area contributed by atoms with E-state index in [0.29, 0.717) is 12.3 Å². The number of amides is 1. The van der Waals surface area contributed by atoms with Crippen LogP contribution in [0.2, 0.25) is 0 Å². The highest BCUT2D eigenvalue weighted by molar-refractivity contribution is 6.08. The molecule has 2 N–H and O–H groups in total. The topological polar surface area (TPSA) is 78.8 Å². The van der Waals surface area contributed by atoms with Gasteiger partial charge in [-0.3, -0.25) is 9.79 Å². The van der Waals surface area contributed by atoms with E-state index < -0.39 is 11.5 Å². The van der Waals surface area contributed by atoms with Gasteiger partial charge in [0.05, 0.1) is 0 Å². The summed E-state index contributed by atoms with van der Waals surface area (Å²) in [5.41, 5.74) is -0.730. The monoisotopic (exact) mass is 224 g/mol. The molecule has 0 aromatic carbocycles. The fourth-order valence-electron chi connectivity index (χ4n) is 1.38. The molecule has 0 radical (unpaired) electrons. The Labute approximate surface area is 94.3 Å². The molecule has 5 nitrogen and oxygen atoms in total. The average Bonchev–Trinajstić information content (AvgIpc) is 2.43. The third-order valence-corrected chi connectivity index (χ3v) is 2.78. The van der Waals surface area contributed by atoms with Gasteiger partial charge in [-0.2, -0.15) is 0 Å². The van der Waals surface area contributed by atoms with Crippen LogP contribution >= 0.6 is 0 Å². The maximum atomic E-state index is 11.7. The third-order valence-electron chi connectivity index (χ3n) is 2.78. The van der Waals surface area contributed by atoms with Crippen molar-refractivity contribution in [2.45, 2.75) is 32.7 Å². The molecule has 1 aliphatic rings. The molecule has 0 aliphatic carbocycles. The minimum absolute atomic E-state index is 0.105. The van der Waals surface area contributed by atoms with Crippen LogP contribution < -0.4 is 5.32 Å². The lowest BCUT2D eigenvalue weighted by molar-refractivity contribution is -0.131. The van der Waals surface area contributed by atoms with Crippen LogP contribution in [0.5, 0.6) is 0 Å². The summed E-state index contributed by atoms with van der Waals surface area (Å²) < 4.78 is 0. The number of aliphatic carboxylic acids is 1. The summed E-state index contributed by atoms with van der Waals surface area (Å²) in [4.78, 5) is 26.2. The molecule has 0 spiro atoms. The SMILES string of the molecule is CC(C)C1(C)N=C(CC=CC(=O)O)NC1=O. The van der Waals surface area contributed by atoms with Crippen LogP contribution in [0.3, 0.4) is 0 Å². The number of nitrogens with zero attached hydrogens (tertiary/aromatic N) is 1. The minimum atomic E-state index is -1.00. The summed E-state index contributed by atoms with van der Waals surface area (Å²) in [6, 6.07) is 0. The summed E-state index contributed by atoms with van der Waals surface area (Å²) in [7, 11) is 0. The van der Waals surface area contributed by atoms with E-state index in [4.69, 9.17) is 5.11 Å². The lowest BCUT2D eigenvalue weighted by Gasteiger charge is -2.21. The zero-order chi connectivity index (χ0) is 12.3. The van der Waals surface area contributed by atoms with Gasteiger partial charge in [0.15, 0.2) is 0 Å². The van der Waals surface area contributed by atoms with E-state index in [0.717, 1.165) is 6.08 Å². The minimum Gasteiger partial charge on any atom is -0.478 e. The van der Waals surface area contributed by atoms with E-state index in [1.165, 1.54) is 6.08 Å². The smallest absolute Gasteiger partial charge is 0.327 e. The van der Waals surface area contributed by atoms with Crippen LogP contribution in [0.25, 0.3) is 0 Å². The highest BCUT2D eigenvalue weighted by Gasteiger charge is 2.41. The molecule has 1 rings (SSSR count). The maximum absolute atomic E-state index is 11.7. The molecule has 1 aliphatic heterocycles. The quantitative estimate of drug-likeness (QED) is 0.698. The van der Waals surface area contributed by atoms with E-state index in [2.05, 4.69) is 10.3 Å². The van der Waals surface area contributed by atoms with Crippen molar-refractivity contribution in [1.29, 1.82) is 0 Å². The number of carbonyl (C=O) groups is 2. The van der Waals surface area contributed by atoms with Crippen LogP contribution in [0.4, 0.5) is 0 Å². The van der Waals surface area contributed by atoms with Gasteiger partial charge in [0.1, 0.15) is 11.4 Å². The van der Waals surface area contributed by atoms with Gasteiger partial charge in [-0.15, -0.1) is 0 Å². The van der Waals surface area contributed by atoms with Gasteiger partial charge >= 0.3 is 5.97 Å². The van der Waals surface area contributed by atoms with Crippen molar-refractivity contribution in [2.24, 2.45) is 10.9 Å². The summed E-state index contributed by atoms with van der Waals surface area (Å²) in [6.07, 6.45) is 2.84. The van der Waals surface area contributed by atoms with Gasteiger partial charge < -0.3 is 10.4 Å². The first-order chi connectivity index (χ1) is 7.36. The largest absolute Gasteiger partial charge is 0.478 e. The number of carboxylic acid groups (broad SMARTS) is 1. The molecular weight excluding hydrogens is 208 g/mol. The van der Waals surface area contributed by atoms with Gasteiger partial charge in [0.25, 0.3) is 5.91 Å². The van der Waals surface area contributed by atoms with Gasteiger partial charge in [0, 0.05) is 12.5 Å². The lowest BCUT2D eigenvalue weighted by atomic mass is 9.89. The molecule has 0 bridgehead atoms. The molecule has 0 saturated carbocycles. The van der Waals surface area contributed by atoms with Gasteiger partial charge in [-0.1, -0.05) is 19.9 Å². The van der Waals surface area contributed by atoms with E-state index >= 15 is 0 Å². The first kappa shape index (κ1) is 12.4. The van der Waals surface area contributed by atoms with Crippen molar-refractivity contribution in [1.82, 2.24) is 5.32 Å². The van der Waals surface area contributed by atoms with Crippen molar-refractivity contribution < 1.29 is 14.7 Å². The van der Waals surface area contributed by atoms with Crippen LogP contribution in [0.1, 0.15) is 27.2 Å². The molecule has 0 saturated heterocycles. The van der Waals surface area contributed by atoms with E-state index in [1.807, 2.05) is 13.8 Å². The molecule has 0 fully saturated rings. The zero-order valence-electron chi connectivity index (χ0n) is 9.65. The molecule has 88 valence electrons. The van der Waals surface area contributed by atoms with Crippen molar-refractivity contribution in [3.05, 3.63) is 12.2 Å². The van der Waals surface area contributed by atoms with Gasteiger partial charge in [-0.25, -0.2) is 4.79 Å². The lowest BCUT2D eigenvalue weighted by Crippen LogP contribution is -2.41. The van der Waals surface area contributed by atoms with Crippen LogP contribution in [0.15, 0.2) is 17.1 Å². The molecule has 5 heteroatoms. The first-order valence-corrected chi connectivity index (χ1v) is 5.16. The molecule has 1 heterocycles. The summed E-state index contributed by atoms with van der Waals surface area (Å²) in [6.45, 7) is 5.64. The standard InChI is InChI=1S/C11H16N2O3/c1-7(2)11(3)10(16)12-8(13-11)5-4-6-9(14)15/h4,6-7H,5H2,1-3H3,(H,14,15)(H,12,13,16). The molecule has 1 amide bonds. The van der Waals surface area contributed by atoms with Crippen molar-refractivity contribution in [3.63, 3.8) is 0 Å². The normalized spacial score (nSPS) is 25.0. The Hall–Kier alpha value is -1.65. The number of carboxylic acids is 1. The number of carbonyl (C=O) groups excluding carboxylic acids is 1. The number of hydrogen-bond donors (Lipinski definition) is 2. The van der Waals surface area contributed by atoms with Crippen LogP contribution in [0, 0.1) is 5.92 Å². The molecule has 1 atom stereocenters. The Morgan fingerprint density at radius 2 is 2.25 bits per heavy atom. The summed E-state index contributed by atoms with van der Waals surface area (Å²) in [5, 5.41) is 11.1. The molecule has 16 heavy (non-hydrogen) atoms. The van der Waals surface area contributed by atoms with Crippen LogP contribution in [-0.2, 0) is 9.59 Å². The van der Waals surface area contributed by atoms with E-state index in [1.54, 1.807) is 6.92 Å². The van der Waals surface area contributed by atoms with Crippen molar-refractivity contribution >= 4 is 17.7 Å². The first-order valence-electron chi connectivity index (χ1n) is 5.16. The number of aliphatic imine (C=N–C) groups is 1. The second-order valence-corrected chi connectivity index (χ2v) is 4.26. The Morgan fingerprint density at radius 1 is 1.62 bits per heavy atom. The highest BCUT2D eigenvalue weighted by Crippen LogP contribution is 2.25. The predicted octanol–water partition coefficient (Wildman–Crippen LogP) is 0.960. The maximum Gasteiger partial charge on any atom is 0.327 e. The molecule has 0 aromatic heterocycles. The third kappa shape index (κ3) is 2.48. The summed E-state index contributed by atoms with van der Waals surface area (Å²) >= 11 is 0. The Bertz CT molecular complexity index is 371. The number of rotatable bonds is 4. The van der Waals surface area contributed by atoms with E-state index in [9.17, 15) is 9.59 Å². The summed E-state index contributed by atoms with van der Waals surface area (Å²) in [5.74, 6) is -0.495. The van der Waals surface area contributed by atoms with Gasteiger partial charge in [0.2, 0.25) is 0 Å². The Balaban J connectivity index is 2.72. The number of amidine groups is 1. The highest BCUT2D eigenvalue weighted by atomic mass is 16.4. The van der Waals surface area contributed by atoms with E-state index in [-0.39, 0.29) is 11.8 Å². The second-order valence-electron chi connectivity index (χ2n) is 4.26. The van der Waals surface area contributed by atoms with Gasteiger partial charge in [-0.05, 0) is 12.8 Å². The molecule has 0 aromatic rings. The van der Waals surface area contributed by atoms with Crippen LogP contribution in [-0.4, -0.2) is 28.4 Å². The fraction of sp³-hybridized carbons (Fsp3) is 0.545. The predicted molar refractivity (Wildman–Crippen MR) is 60.2 cm³/mol. The Kier molecular flexibility index (Phi) is 3.47. The molecule has 1 unspecified atom stereocenters. The van der Waals surface area contributed by atoms with Crippen molar-refractivity contribution in [3.8, 4) is 0 Å². The number of nitrogens with one attached hydrogen (secondary N) is 1.